The molecule has 0 amide bonds. The maximum absolute atomic E-state index is 9.10. The Morgan fingerprint density at radius 2 is 2.35 bits per heavy atom. The van der Waals surface area contributed by atoms with Crippen molar-refractivity contribution in [2.45, 2.75) is 13.5 Å². The van der Waals surface area contributed by atoms with Gasteiger partial charge in [-0.15, -0.1) is 0 Å². The molecular weight excluding hydrogens is 395 g/mol. The van der Waals surface area contributed by atoms with Crippen molar-refractivity contribution in [1.82, 2.24) is 8.69 Å². The van der Waals surface area contributed by atoms with E-state index in [4.69, 9.17) is 25.3 Å². The van der Waals surface area contributed by atoms with E-state index in [2.05, 4.69) is 13.7 Å². The third-order valence-corrected chi connectivity index (χ3v) is 3.60. The van der Waals surface area contributed by atoms with Crippen molar-refractivity contribution >= 4 is 23.3 Å². The Bertz CT molecular complexity index is 630. The number of nitrogens with one attached hydrogen (secondary N) is 1. The van der Waals surface area contributed by atoms with Gasteiger partial charge in [-0.1, -0.05) is 0 Å². The molecule has 0 radical (unpaired) electrons. The van der Waals surface area contributed by atoms with Gasteiger partial charge in [0.1, 0.15) is 0 Å². The predicted octanol–water partition coefficient (Wildman–Crippen LogP) is -1.33. The zero-order valence-electron chi connectivity index (χ0n) is 10.6. The molecule has 4 N–H and O–H groups in total. The van der Waals surface area contributed by atoms with Crippen LogP contribution in [0.15, 0.2) is 33.8 Å². The predicted molar refractivity (Wildman–Crippen MR) is 72.7 cm³/mol. The molecule has 20 heavy (non-hydrogen) atoms. The molecule has 8 heteroatoms. The molecular formula is C12H13ClIN4O2-. The Labute approximate surface area is 132 Å². The van der Waals surface area contributed by atoms with E-state index in [-0.39, 0.29) is 5.82 Å². The van der Waals surface area contributed by atoms with Gasteiger partial charge >= 0.3 is 132 Å². The van der Waals surface area contributed by atoms with Gasteiger partial charge in [0, 0.05) is 0 Å². The van der Waals surface area contributed by atoms with Gasteiger partial charge in [-0.3, -0.25) is 0 Å². The molecule has 1 aromatic heterocycles. The molecule has 0 bridgehead atoms. The van der Waals surface area contributed by atoms with E-state index >= 15 is 0 Å². The number of aromatic nitrogens is 1. The number of hydrogen-bond acceptors (Lipinski definition) is 5. The fourth-order valence-corrected chi connectivity index (χ4v) is 2.43. The van der Waals surface area contributed by atoms with Crippen LogP contribution in [0.2, 0.25) is 5.02 Å². The summed E-state index contributed by atoms with van der Waals surface area (Å²) >= 11 is 4.79. The maximum atomic E-state index is 9.10. The van der Waals surface area contributed by atoms with Gasteiger partial charge in [-0.25, -0.2) is 0 Å². The summed E-state index contributed by atoms with van der Waals surface area (Å²) in [7, 11) is 0. The zero-order chi connectivity index (χ0) is 14.5. The Morgan fingerprint density at radius 1 is 1.55 bits per heavy atom. The van der Waals surface area contributed by atoms with Gasteiger partial charge in [-0.05, 0) is 0 Å². The third-order valence-electron chi connectivity index (χ3n) is 2.61. The van der Waals surface area contributed by atoms with Crippen LogP contribution >= 0.6 is 11.6 Å². The normalized spacial score (nSPS) is 11.8. The van der Waals surface area contributed by atoms with Gasteiger partial charge in [0.05, 0.1) is 0 Å². The van der Waals surface area contributed by atoms with Crippen LogP contribution in [0.3, 0.4) is 0 Å². The molecule has 0 aliphatic rings. The second kappa shape index (κ2) is 6.91. The number of benzene rings is 1. The fraction of sp³-hybridized carbons (Fsp3) is 0.167. The Hall–Kier alpha value is -1.32. The number of nitrogens with zero attached hydrogens (tertiary/aromatic N) is 2. The molecule has 0 spiro atoms. The van der Waals surface area contributed by atoms with Crippen LogP contribution in [0.25, 0.3) is 0 Å². The van der Waals surface area contributed by atoms with Gasteiger partial charge < -0.3 is 0 Å². The van der Waals surface area contributed by atoms with E-state index in [9.17, 15) is 0 Å². The molecule has 2 aromatic rings. The number of rotatable bonds is 4. The Balaban J connectivity index is 2.23. The first-order valence-corrected chi connectivity index (χ1v) is 8.08. The monoisotopic (exact) mass is 407 g/mol. The number of amidine groups is 1. The summed E-state index contributed by atoms with van der Waals surface area (Å²) in [5.41, 5.74) is 7.60. The number of aliphatic imine (C=N–C) groups is 1. The van der Waals surface area contributed by atoms with Crippen molar-refractivity contribution in [3.05, 3.63) is 46.2 Å². The SMILES string of the molecule is Cc1ccc(Cl)cc1CN=C(N[I-]O)c1cc(N)no1. The summed E-state index contributed by atoms with van der Waals surface area (Å²) in [5.74, 6) is 1.10. The topological polar surface area (TPSA) is 96.7 Å². The molecule has 108 valence electrons. The Morgan fingerprint density at radius 3 is 3.00 bits per heavy atom. The second-order valence-corrected chi connectivity index (χ2v) is 5.49. The number of nitrogen functional groups attached to an aromatic ring is 1. The first-order valence-electron chi connectivity index (χ1n) is 5.65. The average molecular weight is 408 g/mol. The molecule has 0 saturated carbocycles. The summed E-state index contributed by atoms with van der Waals surface area (Å²) in [5, 5.41) is 4.26. The van der Waals surface area contributed by atoms with Crippen molar-refractivity contribution in [1.29, 1.82) is 0 Å². The van der Waals surface area contributed by atoms with Crippen LogP contribution in [-0.4, -0.2) is 14.4 Å². The quantitative estimate of drug-likeness (QED) is 0.252. The number of nitrogens with two attached hydrogens (primary N) is 1. The van der Waals surface area contributed by atoms with Crippen LogP contribution < -0.4 is 31.2 Å². The first-order chi connectivity index (χ1) is 9.60. The first kappa shape index (κ1) is 15.1. The number of hydrogen-bond donors (Lipinski definition) is 3. The van der Waals surface area contributed by atoms with E-state index < -0.39 is 21.9 Å². The standard InChI is InChI=1S/C12H13ClIN4O2/c1-7-2-3-9(13)4-8(7)6-16-12(17-14-19)10-5-11(15)18-20-10/h2-5,19H,6H2,1H3,(H2,15,18)(H,16,17)/q-1. The number of anilines is 1. The fourth-order valence-electron chi connectivity index (χ4n) is 1.57. The van der Waals surface area contributed by atoms with E-state index in [0.717, 1.165) is 11.1 Å². The van der Waals surface area contributed by atoms with E-state index in [1.54, 1.807) is 6.07 Å². The van der Waals surface area contributed by atoms with Crippen molar-refractivity contribution in [2.75, 3.05) is 5.73 Å². The number of aryl methyl sites for hydroxylation is 1. The van der Waals surface area contributed by atoms with Crippen LogP contribution in [-0.2, 0) is 6.54 Å². The summed E-state index contributed by atoms with van der Waals surface area (Å²) < 4.78 is 16.9. The van der Waals surface area contributed by atoms with Gasteiger partial charge in [0.25, 0.3) is 0 Å². The van der Waals surface area contributed by atoms with Gasteiger partial charge in [0.15, 0.2) is 0 Å². The van der Waals surface area contributed by atoms with Crippen molar-refractivity contribution in [2.24, 2.45) is 4.99 Å². The minimum absolute atomic E-state index is 0.268. The second-order valence-electron chi connectivity index (χ2n) is 4.03. The molecule has 0 fully saturated rings. The van der Waals surface area contributed by atoms with E-state index in [1.807, 2.05) is 25.1 Å². The zero-order valence-corrected chi connectivity index (χ0v) is 13.5. The summed E-state index contributed by atoms with van der Waals surface area (Å²) in [6.45, 7) is 2.40. The van der Waals surface area contributed by atoms with Gasteiger partial charge in [-0.2, -0.15) is 0 Å². The molecule has 0 saturated heterocycles. The van der Waals surface area contributed by atoms with E-state index in [1.165, 1.54) is 0 Å². The van der Waals surface area contributed by atoms with Gasteiger partial charge in [0.2, 0.25) is 0 Å². The molecule has 1 aromatic carbocycles. The van der Waals surface area contributed by atoms with E-state index in [0.29, 0.717) is 23.2 Å². The molecule has 6 nitrogen and oxygen atoms in total. The van der Waals surface area contributed by atoms with Crippen molar-refractivity contribution in [3.8, 4) is 0 Å². The summed E-state index contributed by atoms with van der Waals surface area (Å²) in [6, 6.07) is 7.18. The Kier molecular flexibility index (Phi) is 5.21. The minimum atomic E-state index is -1.18. The molecule has 0 unspecified atom stereocenters. The molecule has 2 rings (SSSR count). The van der Waals surface area contributed by atoms with Crippen LogP contribution in [0.5, 0.6) is 0 Å². The van der Waals surface area contributed by atoms with Crippen LogP contribution in [0.4, 0.5) is 5.82 Å². The van der Waals surface area contributed by atoms with Crippen LogP contribution in [0.1, 0.15) is 16.9 Å². The molecule has 0 aliphatic heterocycles. The average Bonchev–Trinajstić information content (AvgIpc) is 2.84. The van der Waals surface area contributed by atoms with Crippen molar-refractivity contribution in [3.63, 3.8) is 0 Å². The molecule has 0 aliphatic carbocycles. The molecule has 1 heterocycles. The third kappa shape index (κ3) is 3.84. The summed E-state index contributed by atoms with van der Waals surface area (Å²) in [6.07, 6.45) is 0. The molecule has 0 atom stereocenters. The number of halogens is 2. The van der Waals surface area contributed by atoms with Crippen LogP contribution in [0, 0.1) is 6.92 Å². The summed E-state index contributed by atoms with van der Waals surface area (Å²) in [4.78, 5) is 4.39. The van der Waals surface area contributed by atoms with Crippen molar-refractivity contribution < 1.29 is 29.9 Å².